The van der Waals surface area contributed by atoms with Gasteiger partial charge in [-0.15, -0.1) is 0 Å². The van der Waals surface area contributed by atoms with E-state index in [1.807, 2.05) is 13.8 Å². The van der Waals surface area contributed by atoms with Crippen molar-refractivity contribution < 1.29 is 19.1 Å². The van der Waals surface area contributed by atoms with Crippen molar-refractivity contribution in [1.82, 2.24) is 10.6 Å². The highest BCUT2D eigenvalue weighted by atomic mass is 16.5. The maximum atomic E-state index is 11.5. The van der Waals surface area contributed by atoms with Gasteiger partial charge in [-0.3, -0.25) is 10.1 Å². The molecule has 1 heterocycles. The molecule has 1 aliphatic rings. The van der Waals surface area contributed by atoms with Crippen LogP contribution in [0.25, 0.3) is 6.08 Å². The maximum Gasteiger partial charge on any atom is 0.326 e. The van der Waals surface area contributed by atoms with Gasteiger partial charge >= 0.3 is 6.03 Å². The standard InChI is InChI=1S/C15H18N2O4/c1-4-9(2)21-12-6-5-10(8-13(12)20-3)7-11-14(18)17-15(19)16-11/h5-9H,4H2,1-3H3,(H2,16,17,18,19)/b11-7-/t9-/m0/s1. The Morgan fingerprint density at radius 3 is 2.57 bits per heavy atom. The summed E-state index contributed by atoms with van der Waals surface area (Å²) in [5, 5.41) is 4.58. The van der Waals surface area contributed by atoms with E-state index in [9.17, 15) is 9.59 Å². The van der Waals surface area contributed by atoms with Crippen molar-refractivity contribution in [3.8, 4) is 11.5 Å². The maximum absolute atomic E-state index is 11.5. The summed E-state index contributed by atoms with van der Waals surface area (Å²) in [6, 6.07) is 4.81. The molecule has 2 N–H and O–H groups in total. The lowest BCUT2D eigenvalue weighted by Gasteiger charge is -2.15. The lowest BCUT2D eigenvalue weighted by atomic mass is 10.1. The van der Waals surface area contributed by atoms with Gasteiger partial charge in [0, 0.05) is 0 Å². The third-order valence-corrected chi connectivity index (χ3v) is 3.12. The smallest absolute Gasteiger partial charge is 0.326 e. The first-order valence-electron chi connectivity index (χ1n) is 6.72. The van der Waals surface area contributed by atoms with Crippen molar-refractivity contribution in [2.75, 3.05) is 7.11 Å². The topological polar surface area (TPSA) is 76.7 Å². The molecule has 3 amide bonds. The first-order chi connectivity index (χ1) is 10.0. The summed E-state index contributed by atoms with van der Waals surface area (Å²) in [4.78, 5) is 22.5. The van der Waals surface area contributed by atoms with Crippen LogP contribution in [0.2, 0.25) is 0 Å². The quantitative estimate of drug-likeness (QED) is 0.643. The van der Waals surface area contributed by atoms with Crippen molar-refractivity contribution in [3.05, 3.63) is 29.5 Å². The van der Waals surface area contributed by atoms with E-state index in [1.54, 1.807) is 31.4 Å². The van der Waals surface area contributed by atoms with Crippen LogP contribution in [-0.2, 0) is 4.79 Å². The molecule has 1 aromatic carbocycles. The highest BCUT2D eigenvalue weighted by molar-refractivity contribution is 6.13. The number of hydrogen-bond donors (Lipinski definition) is 2. The Kier molecular flexibility index (Phi) is 4.47. The van der Waals surface area contributed by atoms with E-state index in [0.717, 1.165) is 12.0 Å². The predicted octanol–water partition coefficient (Wildman–Crippen LogP) is 2.05. The van der Waals surface area contributed by atoms with Crippen molar-refractivity contribution in [3.63, 3.8) is 0 Å². The fourth-order valence-electron chi connectivity index (χ4n) is 1.82. The van der Waals surface area contributed by atoms with Crippen LogP contribution in [0, 0.1) is 0 Å². The van der Waals surface area contributed by atoms with Gasteiger partial charge in [0.15, 0.2) is 11.5 Å². The first-order valence-corrected chi connectivity index (χ1v) is 6.72. The third-order valence-electron chi connectivity index (χ3n) is 3.12. The number of ether oxygens (including phenoxy) is 2. The van der Waals surface area contributed by atoms with Crippen molar-refractivity contribution in [1.29, 1.82) is 0 Å². The number of carbonyl (C=O) groups excluding carboxylic acids is 2. The third kappa shape index (κ3) is 3.53. The van der Waals surface area contributed by atoms with Crippen molar-refractivity contribution in [2.45, 2.75) is 26.4 Å². The van der Waals surface area contributed by atoms with Gasteiger partial charge in [0.2, 0.25) is 0 Å². The highest BCUT2D eigenvalue weighted by Gasteiger charge is 2.22. The van der Waals surface area contributed by atoms with E-state index in [2.05, 4.69) is 10.6 Å². The lowest BCUT2D eigenvalue weighted by molar-refractivity contribution is -0.115. The predicted molar refractivity (Wildman–Crippen MR) is 78.0 cm³/mol. The van der Waals surface area contributed by atoms with Crippen LogP contribution in [0.5, 0.6) is 11.5 Å². The Bertz CT molecular complexity index is 595. The molecule has 6 heteroatoms. The molecule has 0 saturated carbocycles. The zero-order valence-corrected chi connectivity index (χ0v) is 12.2. The summed E-state index contributed by atoms with van der Waals surface area (Å²) < 4.78 is 11.1. The zero-order valence-electron chi connectivity index (χ0n) is 12.2. The molecule has 0 radical (unpaired) electrons. The van der Waals surface area contributed by atoms with E-state index in [0.29, 0.717) is 11.5 Å². The van der Waals surface area contributed by atoms with E-state index in [4.69, 9.17) is 9.47 Å². The van der Waals surface area contributed by atoms with Crippen LogP contribution in [0.15, 0.2) is 23.9 Å². The summed E-state index contributed by atoms with van der Waals surface area (Å²) in [6.45, 7) is 4.02. The van der Waals surface area contributed by atoms with Crippen LogP contribution in [-0.4, -0.2) is 25.2 Å². The summed E-state index contributed by atoms with van der Waals surface area (Å²) >= 11 is 0. The van der Waals surface area contributed by atoms with Gasteiger partial charge in [0.25, 0.3) is 5.91 Å². The summed E-state index contributed by atoms with van der Waals surface area (Å²) in [5.41, 5.74) is 0.938. The summed E-state index contributed by atoms with van der Waals surface area (Å²) in [5.74, 6) is 0.780. The Morgan fingerprint density at radius 1 is 1.24 bits per heavy atom. The van der Waals surface area contributed by atoms with Gasteiger partial charge < -0.3 is 14.8 Å². The molecule has 1 aliphatic heterocycles. The number of rotatable bonds is 5. The van der Waals surface area contributed by atoms with Crippen LogP contribution < -0.4 is 20.1 Å². The Hall–Kier alpha value is -2.50. The molecule has 1 aromatic rings. The number of hydrogen-bond acceptors (Lipinski definition) is 4. The molecule has 0 bridgehead atoms. The van der Waals surface area contributed by atoms with Gasteiger partial charge in [0.05, 0.1) is 13.2 Å². The molecule has 2 rings (SSSR count). The van der Waals surface area contributed by atoms with Gasteiger partial charge in [-0.05, 0) is 37.1 Å². The number of benzene rings is 1. The minimum absolute atomic E-state index is 0.0861. The number of nitrogens with one attached hydrogen (secondary N) is 2. The van der Waals surface area contributed by atoms with E-state index < -0.39 is 11.9 Å². The van der Waals surface area contributed by atoms with Crippen LogP contribution in [0.3, 0.4) is 0 Å². The number of amides is 3. The molecular weight excluding hydrogens is 272 g/mol. The molecule has 21 heavy (non-hydrogen) atoms. The molecule has 1 fully saturated rings. The number of imide groups is 1. The van der Waals surface area contributed by atoms with Crippen molar-refractivity contribution in [2.24, 2.45) is 0 Å². The number of methoxy groups -OCH3 is 1. The minimum atomic E-state index is -0.519. The zero-order chi connectivity index (χ0) is 15.4. The summed E-state index contributed by atoms with van der Waals surface area (Å²) in [7, 11) is 1.56. The SMILES string of the molecule is CC[C@H](C)Oc1ccc(/C=C2\NC(=O)NC2=O)cc1OC. The number of carbonyl (C=O) groups is 2. The second-order valence-corrected chi connectivity index (χ2v) is 4.71. The van der Waals surface area contributed by atoms with Gasteiger partial charge in [-0.1, -0.05) is 13.0 Å². The molecular formula is C15H18N2O4. The number of urea groups is 1. The second-order valence-electron chi connectivity index (χ2n) is 4.71. The van der Waals surface area contributed by atoms with Gasteiger partial charge in [0.1, 0.15) is 5.70 Å². The van der Waals surface area contributed by atoms with Gasteiger partial charge in [-0.25, -0.2) is 4.79 Å². The molecule has 0 aromatic heterocycles. The first kappa shape index (κ1) is 14.9. The Balaban J connectivity index is 2.25. The lowest BCUT2D eigenvalue weighted by Crippen LogP contribution is -2.22. The molecule has 0 unspecified atom stereocenters. The molecule has 1 atom stereocenters. The fraction of sp³-hybridized carbons (Fsp3) is 0.333. The molecule has 0 spiro atoms. The fourth-order valence-corrected chi connectivity index (χ4v) is 1.82. The molecule has 112 valence electrons. The van der Waals surface area contributed by atoms with Gasteiger partial charge in [-0.2, -0.15) is 0 Å². The monoisotopic (exact) mass is 290 g/mol. The van der Waals surface area contributed by atoms with Crippen LogP contribution in [0.4, 0.5) is 4.79 Å². The average molecular weight is 290 g/mol. The molecule has 0 aliphatic carbocycles. The van der Waals surface area contributed by atoms with Crippen LogP contribution >= 0.6 is 0 Å². The normalized spacial score (nSPS) is 17.4. The molecule has 1 saturated heterocycles. The minimum Gasteiger partial charge on any atom is -0.493 e. The average Bonchev–Trinajstić information content (AvgIpc) is 2.78. The van der Waals surface area contributed by atoms with E-state index in [1.165, 1.54) is 0 Å². The Morgan fingerprint density at radius 2 is 2.00 bits per heavy atom. The largest absolute Gasteiger partial charge is 0.493 e. The van der Waals surface area contributed by atoms with Crippen LogP contribution in [0.1, 0.15) is 25.8 Å². The van der Waals surface area contributed by atoms with E-state index >= 15 is 0 Å². The Labute approximate surface area is 123 Å². The second kappa shape index (κ2) is 6.30. The van der Waals surface area contributed by atoms with E-state index in [-0.39, 0.29) is 11.8 Å². The highest BCUT2D eigenvalue weighted by Crippen LogP contribution is 2.30. The summed E-state index contributed by atoms with van der Waals surface area (Å²) in [6.07, 6.45) is 2.56. The van der Waals surface area contributed by atoms with Crippen molar-refractivity contribution >= 4 is 18.0 Å². The molecule has 6 nitrogen and oxygen atoms in total.